The monoisotopic (exact) mass is 702 g/mol. The van der Waals surface area contributed by atoms with Gasteiger partial charge in [-0.05, 0) is 41.3 Å². The lowest BCUT2D eigenvalue weighted by atomic mass is 10.0. The average Bonchev–Trinajstić information content (AvgIpc) is 3.38. The Labute approximate surface area is 287 Å². The zero-order chi connectivity index (χ0) is 35.4. The number of urea groups is 1. The molecule has 0 unspecified atom stereocenters. The molecule has 3 aromatic carbocycles. The number of nitrogens with one attached hydrogen (secondary N) is 1. The van der Waals surface area contributed by atoms with E-state index in [-0.39, 0.29) is 31.1 Å². The summed E-state index contributed by atoms with van der Waals surface area (Å²) in [6, 6.07) is 24.6. The van der Waals surface area contributed by atoms with Gasteiger partial charge in [0.05, 0.1) is 32.1 Å². The molecule has 0 saturated carbocycles. The zero-order valence-corrected chi connectivity index (χ0v) is 27.9. The summed E-state index contributed by atoms with van der Waals surface area (Å²) >= 11 is 0. The number of pyridine rings is 1. The third-order valence-electron chi connectivity index (χ3n) is 8.29. The van der Waals surface area contributed by atoms with Crippen LogP contribution in [0.15, 0.2) is 114 Å². The second-order valence-corrected chi connectivity index (χ2v) is 12.6. The molecule has 1 saturated heterocycles. The first kappa shape index (κ1) is 34.2. The predicted octanol–water partition coefficient (Wildman–Crippen LogP) is 3.44. The van der Waals surface area contributed by atoms with E-state index in [0.717, 1.165) is 21.6 Å². The number of hydrogen-bond acceptors (Lipinski definition) is 9. The van der Waals surface area contributed by atoms with Crippen molar-refractivity contribution < 1.29 is 41.2 Å². The second-order valence-electron chi connectivity index (χ2n) is 11.6. The lowest BCUT2D eigenvalue weighted by Crippen LogP contribution is -2.48. The number of aromatic nitrogens is 1. The molecular weight excluding hydrogens is 668 g/mol. The van der Waals surface area contributed by atoms with Crippen molar-refractivity contribution in [3.05, 3.63) is 141 Å². The molecule has 0 spiro atoms. The first-order valence-corrected chi connectivity index (χ1v) is 16.9. The highest BCUT2D eigenvalue weighted by Crippen LogP contribution is 2.31. The molecule has 1 fully saturated rings. The van der Waals surface area contributed by atoms with Crippen molar-refractivity contribution in [1.29, 1.82) is 0 Å². The topological polar surface area (TPSA) is 166 Å². The van der Waals surface area contributed by atoms with E-state index in [1.165, 1.54) is 23.1 Å². The smallest absolute Gasteiger partial charge is 0.418 e. The van der Waals surface area contributed by atoms with Crippen LogP contribution in [0.1, 0.15) is 35.4 Å². The SMILES string of the molecule is COc1ccc(COc2cn(OC(c3ccccc3)c3ccccc3)c(CNC(=O)[C@@H]3C=C(C)[C@@H]4CN3C(=O)N4OS(=O)(=O)O)cc2=O)cc1. The molecule has 2 aliphatic heterocycles. The summed E-state index contributed by atoms with van der Waals surface area (Å²) in [6.45, 7) is 1.47. The van der Waals surface area contributed by atoms with Crippen LogP contribution in [0.4, 0.5) is 4.79 Å². The fourth-order valence-electron chi connectivity index (χ4n) is 5.74. The number of ether oxygens (including phenoxy) is 2. The Morgan fingerprint density at radius 2 is 1.62 bits per heavy atom. The minimum absolute atomic E-state index is 0.00855. The highest BCUT2D eigenvalue weighted by Gasteiger charge is 2.49. The van der Waals surface area contributed by atoms with Gasteiger partial charge in [-0.3, -0.25) is 14.1 Å². The molecule has 0 aliphatic carbocycles. The number of benzene rings is 3. The van der Waals surface area contributed by atoms with Crippen molar-refractivity contribution in [2.75, 3.05) is 13.7 Å². The van der Waals surface area contributed by atoms with E-state index in [1.807, 2.05) is 72.8 Å². The van der Waals surface area contributed by atoms with Crippen LogP contribution >= 0.6 is 0 Å². The third kappa shape index (κ3) is 7.64. The summed E-state index contributed by atoms with van der Waals surface area (Å²) in [5, 5.41) is 3.29. The van der Waals surface area contributed by atoms with Crippen molar-refractivity contribution >= 4 is 22.3 Å². The van der Waals surface area contributed by atoms with Gasteiger partial charge >= 0.3 is 16.4 Å². The zero-order valence-electron chi connectivity index (χ0n) is 27.0. The standard InChI is InChI=1S/C35H34N4O10S/c1-23-17-29(37-20-30(23)39(35(37)42)49-50(43,44)45)34(41)36-19-27-18-31(40)32(47-22-24-13-15-28(46-2)16-14-24)21-38(27)48-33(25-9-5-3-6-10-25)26-11-7-4-8-12-26/h3-18,21,29-30,33H,19-20,22H2,1-2H3,(H,36,41)(H,43,44,45)/t29-,30-/m0/s1. The number of methoxy groups -OCH3 is 1. The van der Waals surface area contributed by atoms with Gasteiger partial charge in [0.15, 0.2) is 11.9 Å². The number of hydroxylamine groups is 2. The highest BCUT2D eigenvalue weighted by atomic mass is 32.3. The number of fused-ring (bicyclic) bond motifs is 2. The van der Waals surface area contributed by atoms with Crippen LogP contribution in [0.2, 0.25) is 0 Å². The van der Waals surface area contributed by atoms with Gasteiger partial charge < -0.3 is 24.5 Å². The molecule has 0 radical (unpaired) electrons. The summed E-state index contributed by atoms with van der Waals surface area (Å²) in [5.74, 6) is 0.0842. The molecule has 2 aliphatic rings. The Bertz CT molecular complexity index is 2020. The first-order chi connectivity index (χ1) is 24.0. The molecule has 6 rings (SSSR count). The van der Waals surface area contributed by atoms with Crippen molar-refractivity contribution in [3.63, 3.8) is 0 Å². The number of hydrogen-bond donors (Lipinski definition) is 2. The fourth-order valence-corrected chi connectivity index (χ4v) is 6.11. The molecule has 50 heavy (non-hydrogen) atoms. The number of nitrogens with zero attached hydrogens (tertiary/aromatic N) is 3. The quantitative estimate of drug-likeness (QED) is 0.156. The van der Waals surface area contributed by atoms with Crippen molar-refractivity contribution in [3.8, 4) is 11.5 Å². The van der Waals surface area contributed by atoms with E-state index < -0.39 is 46.0 Å². The molecule has 15 heteroatoms. The average molecular weight is 703 g/mol. The largest absolute Gasteiger partial charge is 0.497 e. The highest BCUT2D eigenvalue weighted by molar-refractivity contribution is 7.80. The number of carbonyl (C=O) groups is 2. The van der Waals surface area contributed by atoms with E-state index in [4.69, 9.17) is 18.9 Å². The number of carbonyl (C=O) groups excluding carboxylic acids is 2. The van der Waals surface area contributed by atoms with Gasteiger partial charge in [-0.1, -0.05) is 78.9 Å². The molecule has 2 bridgehead atoms. The summed E-state index contributed by atoms with van der Waals surface area (Å²) in [7, 11) is -3.41. The summed E-state index contributed by atoms with van der Waals surface area (Å²) in [6.07, 6.45) is 2.31. The maximum absolute atomic E-state index is 13.5. The predicted molar refractivity (Wildman–Crippen MR) is 179 cm³/mol. The molecule has 3 amide bonds. The minimum atomic E-state index is -4.98. The van der Waals surface area contributed by atoms with E-state index in [2.05, 4.69) is 9.60 Å². The molecule has 4 aromatic rings. The van der Waals surface area contributed by atoms with E-state index in [0.29, 0.717) is 16.4 Å². The fraction of sp³-hybridized carbons (Fsp3) is 0.229. The maximum Gasteiger partial charge on any atom is 0.418 e. The van der Waals surface area contributed by atoms with Gasteiger partial charge in [0.1, 0.15) is 24.4 Å². The van der Waals surface area contributed by atoms with Gasteiger partial charge in [-0.25, -0.2) is 4.79 Å². The Kier molecular flexibility index (Phi) is 9.90. The van der Waals surface area contributed by atoms with E-state index >= 15 is 0 Å². The van der Waals surface area contributed by atoms with Gasteiger partial charge in [0.25, 0.3) is 0 Å². The molecular formula is C35H34N4O10S. The Morgan fingerprint density at radius 3 is 2.22 bits per heavy atom. The molecule has 2 atom stereocenters. The lowest BCUT2D eigenvalue weighted by molar-refractivity contribution is -0.124. The Morgan fingerprint density at radius 1 is 0.980 bits per heavy atom. The number of rotatable bonds is 13. The summed E-state index contributed by atoms with van der Waals surface area (Å²) in [5.41, 5.74) is 2.76. The molecule has 2 N–H and O–H groups in total. The van der Waals surface area contributed by atoms with Crippen LogP contribution in [-0.2, 0) is 32.6 Å². The summed E-state index contributed by atoms with van der Waals surface area (Å²) < 4.78 is 48.9. The van der Waals surface area contributed by atoms with Gasteiger partial charge in [-0.15, -0.1) is 4.28 Å². The normalized spacial score (nSPS) is 17.0. The van der Waals surface area contributed by atoms with Crippen LogP contribution in [0.25, 0.3) is 0 Å². The Balaban J connectivity index is 1.28. The van der Waals surface area contributed by atoms with Crippen LogP contribution in [0.5, 0.6) is 11.5 Å². The maximum atomic E-state index is 13.5. The van der Waals surface area contributed by atoms with E-state index in [9.17, 15) is 22.8 Å². The van der Waals surface area contributed by atoms with Crippen molar-refractivity contribution in [2.45, 2.75) is 38.3 Å². The lowest BCUT2D eigenvalue weighted by Gasteiger charge is -2.28. The van der Waals surface area contributed by atoms with Crippen molar-refractivity contribution in [1.82, 2.24) is 20.0 Å². The second kappa shape index (κ2) is 14.5. The van der Waals surface area contributed by atoms with Crippen LogP contribution in [-0.4, -0.2) is 65.3 Å². The molecule has 1 aromatic heterocycles. The van der Waals surface area contributed by atoms with Gasteiger partial charge in [-0.2, -0.15) is 18.2 Å². The Hall–Kier alpha value is -5.64. The third-order valence-corrected chi connectivity index (χ3v) is 8.64. The van der Waals surface area contributed by atoms with E-state index in [1.54, 1.807) is 26.2 Å². The number of amides is 3. The molecule has 14 nitrogen and oxygen atoms in total. The van der Waals surface area contributed by atoms with Crippen molar-refractivity contribution in [2.24, 2.45) is 0 Å². The van der Waals surface area contributed by atoms with Crippen LogP contribution in [0, 0.1) is 0 Å². The van der Waals surface area contributed by atoms with Gasteiger partial charge in [0.2, 0.25) is 11.3 Å². The summed E-state index contributed by atoms with van der Waals surface area (Å²) in [4.78, 5) is 47.6. The van der Waals surface area contributed by atoms with Crippen LogP contribution < -0.4 is 25.1 Å². The minimum Gasteiger partial charge on any atom is -0.497 e. The van der Waals surface area contributed by atoms with Crippen LogP contribution in [0.3, 0.4) is 0 Å². The first-order valence-electron chi connectivity index (χ1n) is 15.5. The molecule has 260 valence electrons. The van der Waals surface area contributed by atoms with Gasteiger partial charge in [0, 0.05) is 6.07 Å². The molecule has 3 heterocycles.